The summed E-state index contributed by atoms with van der Waals surface area (Å²) in [7, 11) is 1.97. The molecule has 100 valence electrons. The fourth-order valence-corrected chi connectivity index (χ4v) is 3.28. The van der Waals surface area contributed by atoms with Crippen molar-refractivity contribution in [3.8, 4) is 0 Å². The summed E-state index contributed by atoms with van der Waals surface area (Å²) in [5.74, 6) is 0.166. The van der Waals surface area contributed by atoms with Gasteiger partial charge >= 0.3 is 0 Å². The van der Waals surface area contributed by atoms with Crippen LogP contribution in [-0.2, 0) is 6.42 Å². The number of hydrogen-bond donors (Lipinski definition) is 0. The Morgan fingerprint density at radius 2 is 2.11 bits per heavy atom. The van der Waals surface area contributed by atoms with Crippen molar-refractivity contribution in [2.45, 2.75) is 6.42 Å². The van der Waals surface area contributed by atoms with Crippen molar-refractivity contribution >= 4 is 33.0 Å². The minimum absolute atomic E-state index is 0.166. The normalized spacial score (nSPS) is 10.9. The molecular formula is C14H15BrN2OS. The Kier molecular flexibility index (Phi) is 5.24. The van der Waals surface area contributed by atoms with Crippen LogP contribution >= 0.6 is 27.3 Å². The van der Waals surface area contributed by atoms with Crippen LogP contribution in [0.1, 0.15) is 15.2 Å². The van der Waals surface area contributed by atoms with E-state index in [2.05, 4.69) is 25.8 Å². The number of aromatic nitrogens is 1. The third-order valence-corrected chi connectivity index (χ3v) is 4.69. The quantitative estimate of drug-likeness (QED) is 0.758. The van der Waals surface area contributed by atoms with E-state index >= 15 is 0 Å². The molecule has 3 nitrogen and oxygen atoms in total. The zero-order valence-corrected chi connectivity index (χ0v) is 13.1. The molecule has 0 saturated heterocycles. The summed E-state index contributed by atoms with van der Waals surface area (Å²) < 4.78 is 0.894. The molecule has 2 heterocycles. The lowest BCUT2D eigenvalue weighted by Gasteiger charge is -2.15. The molecule has 0 atom stereocenters. The minimum atomic E-state index is 0.166. The lowest BCUT2D eigenvalue weighted by Crippen LogP contribution is -2.27. The summed E-state index contributed by atoms with van der Waals surface area (Å²) in [6.07, 6.45) is 4.52. The minimum Gasteiger partial charge on any atom is -0.299 e. The van der Waals surface area contributed by atoms with Gasteiger partial charge in [0.05, 0.1) is 11.4 Å². The van der Waals surface area contributed by atoms with Gasteiger partial charge in [0.1, 0.15) is 0 Å². The molecule has 0 spiro atoms. The Morgan fingerprint density at radius 1 is 1.37 bits per heavy atom. The molecule has 0 bridgehead atoms. The first-order valence-corrected chi connectivity index (χ1v) is 7.67. The van der Waals surface area contributed by atoms with Crippen LogP contribution in [0.5, 0.6) is 0 Å². The highest BCUT2D eigenvalue weighted by atomic mass is 79.9. The number of carbonyl (C=O) groups is 1. The summed E-state index contributed by atoms with van der Waals surface area (Å²) in [5.41, 5.74) is 1.24. The van der Waals surface area contributed by atoms with Gasteiger partial charge in [-0.15, -0.1) is 11.3 Å². The lowest BCUT2D eigenvalue weighted by atomic mass is 10.2. The van der Waals surface area contributed by atoms with Gasteiger partial charge in [-0.05, 0) is 58.5 Å². The van der Waals surface area contributed by atoms with E-state index in [-0.39, 0.29) is 5.78 Å². The molecule has 0 aromatic carbocycles. The van der Waals surface area contributed by atoms with Crippen molar-refractivity contribution in [3.05, 3.63) is 50.9 Å². The first-order chi connectivity index (χ1) is 9.16. The van der Waals surface area contributed by atoms with Crippen molar-refractivity contribution in [1.29, 1.82) is 0 Å². The van der Waals surface area contributed by atoms with Crippen LogP contribution in [0.4, 0.5) is 0 Å². The van der Waals surface area contributed by atoms with Crippen LogP contribution in [0.2, 0.25) is 0 Å². The van der Waals surface area contributed by atoms with Crippen molar-refractivity contribution < 1.29 is 4.79 Å². The average Bonchev–Trinajstić information content (AvgIpc) is 2.84. The zero-order chi connectivity index (χ0) is 13.7. The highest BCUT2D eigenvalue weighted by Gasteiger charge is 2.13. The van der Waals surface area contributed by atoms with Crippen molar-refractivity contribution in [2.24, 2.45) is 0 Å². The summed E-state index contributed by atoms with van der Waals surface area (Å²) in [5, 5.41) is 1.92. The smallest absolute Gasteiger partial charge is 0.187 e. The van der Waals surface area contributed by atoms with Crippen molar-refractivity contribution in [2.75, 3.05) is 20.1 Å². The number of thiophene rings is 1. The maximum absolute atomic E-state index is 12.1. The molecule has 0 fully saturated rings. The number of Topliss-reactive ketones (excluding diaryl/α,β-unsaturated/α-hetero) is 1. The molecule has 2 rings (SSSR count). The first-order valence-electron chi connectivity index (χ1n) is 6.00. The van der Waals surface area contributed by atoms with E-state index in [1.54, 1.807) is 12.4 Å². The Balaban J connectivity index is 1.83. The molecule has 0 unspecified atom stereocenters. The number of nitrogens with zero attached hydrogens (tertiary/aromatic N) is 2. The zero-order valence-electron chi connectivity index (χ0n) is 10.7. The van der Waals surface area contributed by atoms with Crippen LogP contribution in [0, 0.1) is 0 Å². The summed E-state index contributed by atoms with van der Waals surface area (Å²) in [6.45, 7) is 1.31. The molecule has 0 N–H and O–H groups in total. The highest BCUT2D eigenvalue weighted by molar-refractivity contribution is 9.10. The highest BCUT2D eigenvalue weighted by Crippen LogP contribution is 2.23. The van der Waals surface area contributed by atoms with E-state index in [1.165, 1.54) is 16.9 Å². The maximum Gasteiger partial charge on any atom is 0.187 e. The molecule has 0 amide bonds. The van der Waals surface area contributed by atoms with Gasteiger partial charge in [-0.25, -0.2) is 0 Å². The number of ketones is 1. The maximum atomic E-state index is 12.1. The van der Waals surface area contributed by atoms with Gasteiger partial charge in [0.2, 0.25) is 0 Å². The molecule has 0 saturated carbocycles. The van der Waals surface area contributed by atoms with Gasteiger partial charge in [-0.1, -0.05) is 0 Å². The Morgan fingerprint density at radius 3 is 2.74 bits per heavy atom. The van der Waals surface area contributed by atoms with E-state index in [1.807, 2.05) is 30.6 Å². The molecule has 2 aromatic rings. The van der Waals surface area contributed by atoms with Crippen LogP contribution < -0.4 is 0 Å². The second-order valence-electron chi connectivity index (χ2n) is 4.36. The molecule has 0 aliphatic carbocycles. The number of hydrogen-bond acceptors (Lipinski definition) is 4. The van der Waals surface area contributed by atoms with Crippen molar-refractivity contribution in [1.82, 2.24) is 9.88 Å². The van der Waals surface area contributed by atoms with Gasteiger partial charge in [0.25, 0.3) is 0 Å². The lowest BCUT2D eigenvalue weighted by molar-refractivity contribution is 0.0950. The van der Waals surface area contributed by atoms with Crippen LogP contribution in [-0.4, -0.2) is 35.8 Å². The third kappa shape index (κ3) is 4.23. The van der Waals surface area contributed by atoms with Gasteiger partial charge in [-0.3, -0.25) is 14.7 Å². The average molecular weight is 339 g/mol. The number of halogens is 1. The molecule has 0 aliphatic heterocycles. The van der Waals surface area contributed by atoms with Crippen molar-refractivity contribution in [3.63, 3.8) is 0 Å². The standard InChI is InChI=1S/C14H15BrN2OS/c1-17(8-4-11-2-6-16-7-3-11)10-13(18)14-12(15)5-9-19-14/h2-3,5-7,9H,4,8,10H2,1H3. The molecule has 5 heteroatoms. The molecular weight excluding hydrogens is 324 g/mol. The van der Waals surface area contributed by atoms with Gasteiger partial charge in [-0.2, -0.15) is 0 Å². The second-order valence-corrected chi connectivity index (χ2v) is 6.13. The predicted molar refractivity (Wildman–Crippen MR) is 81.8 cm³/mol. The molecule has 2 aromatic heterocycles. The monoisotopic (exact) mass is 338 g/mol. The van der Waals surface area contributed by atoms with E-state index in [0.29, 0.717) is 6.54 Å². The first kappa shape index (κ1) is 14.4. The Hall–Kier alpha value is -1.04. The Bertz CT molecular complexity index is 541. The topological polar surface area (TPSA) is 33.2 Å². The largest absolute Gasteiger partial charge is 0.299 e. The van der Waals surface area contributed by atoms with E-state index < -0.39 is 0 Å². The van der Waals surface area contributed by atoms with Gasteiger partial charge in [0, 0.05) is 23.4 Å². The Labute approximate surface area is 125 Å². The molecule has 0 aliphatic rings. The van der Waals surface area contributed by atoms with Gasteiger partial charge < -0.3 is 0 Å². The summed E-state index contributed by atoms with van der Waals surface area (Å²) in [4.78, 5) is 18.9. The second kappa shape index (κ2) is 6.93. The number of pyridine rings is 1. The summed E-state index contributed by atoms with van der Waals surface area (Å²) in [6, 6.07) is 5.92. The summed E-state index contributed by atoms with van der Waals surface area (Å²) >= 11 is 4.88. The van der Waals surface area contributed by atoms with Crippen LogP contribution in [0.15, 0.2) is 40.4 Å². The predicted octanol–water partition coefficient (Wildman–Crippen LogP) is 3.26. The van der Waals surface area contributed by atoms with Gasteiger partial charge in [0.15, 0.2) is 5.78 Å². The number of rotatable bonds is 6. The van der Waals surface area contributed by atoms with E-state index in [0.717, 1.165) is 22.3 Å². The fraction of sp³-hybridized carbons (Fsp3) is 0.286. The molecule has 0 radical (unpaired) electrons. The van der Waals surface area contributed by atoms with E-state index in [4.69, 9.17) is 0 Å². The van der Waals surface area contributed by atoms with Crippen LogP contribution in [0.3, 0.4) is 0 Å². The number of likely N-dealkylation sites (N-methyl/N-ethyl adjacent to an activating group) is 1. The number of carbonyl (C=O) groups excluding carboxylic acids is 1. The van der Waals surface area contributed by atoms with Crippen LogP contribution in [0.25, 0.3) is 0 Å². The molecule has 19 heavy (non-hydrogen) atoms. The third-order valence-electron chi connectivity index (χ3n) is 2.82. The SMILES string of the molecule is CN(CCc1ccncc1)CC(=O)c1sccc1Br. The fourth-order valence-electron chi connectivity index (χ4n) is 1.76. The van der Waals surface area contributed by atoms with E-state index in [9.17, 15) is 4.79 Å².